The van der Waals surface area contributed by atoms with Crippen LogP contribution in [0.25, 0.3) is 0 Å². The van der Waals surface area contributed by atoms with E-state index in [0.29, 0.717) is 22.8 Å². The maximum Gasteiger partial charge on any atom is 0.419 e. The van der Waals surface area contributed by atoms with Gasteiger partial charge < -0.3 is 15.8 Å². The average molecular weight is 414 g/mol. The van der Waals surface area contributed by atoms with Crippen LogP contribution in [0.2, 0.25) is 0 Å². The number of aromatic nitrogens is 1. The van der Waals surface area contributed by atoms with Crippen molar-refractivity contribution < 1.29 is 14.3 Å². The molecule has 31 heavy (non-hydrogen) atoms. The number of nitrogens with zero attached hydrogens (tertiary/aromatic N) is 3. The van der Waals surface area contributed by atoms with Crippen LogP contribution in [0.4, 0.5) is 16.3 Å². The summed E-state index contributed by atoms with van der Waals surface area (Å²) >= 11 is 0. The maximum atomic E-state index is 13.8. The van der Waals surface area contributed by atoms with Crippen LogP contribution in [0, 0.1) is 0 Å². The highest BCUT2D eigenvalue weighted by atomic mass is 16.5. The number of quaternary nitrogens is 1. The second-order valence-corrected chi connectivity index (χ2v) is 6.74. The Kier molecular flexibility index (Phi) is 5.55. The molecule has 0 fully saturated rings. The molecule has 8 nitrogen and oxygen atoms in total. The Bertz CT molecular complexity index is 1160. The zero-order valence-corrected chi connectivity index (χ0v) is 16.5. The normalized spacial score (nSPS) is 17.5. The number of aliphatic imine (C=N–C) groups is 1. The summed E-state index contributed by atoms with van der Waals surface area (Å²) in [7, 11) is 0. The number of hydrogen-bond donors (Lipinski definition) is 2. The Morgan fingerprint density at radius 2 is 1.71 bits per heavy atom. The molecule has 0 saturated carbocycles. The lowest BCUT2D eigenvalue weighted by molar-refractivity contribution is 0.0839. The number of ether oxygens (including phenoxy) is 1. The lowest BCUT2D eigenvalue weighted by Gasteiger charge is -2.33. The molecule has 1 aliphatic rings. The summed E-state index contributed by atoms with van der Waals surface area (Å²) in [5.41, 5.74) is 6.13. The van der Waals surface area contributed by atoms with E-state index in [2.05, 4.69) is 15.3 Å². The van der Waals surface area contributed by atoms with Gasteiger partial charge in [-0.2, -0.15) is 4.99 Å². The summed E-state index contributed by atoms with van der Waals surface area (Å²) in [6, 6.07) is 20.4. The van der Waals surface area contributed by atoms with Crippen LogP contribution in [0.1, 0.15) is 10.4 Å². The number of nitrogens with two attached hydrogens (primary N) is 1. The molecule has 0 spiro atoms. The number of carbonyl (C=O) groups excluding carboxylic acids is 2. The third-order valence-corrected chi connectivity index (χ3v) is 4.75. The SMILES string of the molecule is NC(=O)Nc1ccccc1OC1=NC=CC[N+]1(C(=O)c1ccccc1)c1ccccn1. The number of amides is 3. The largest absolute Gasteiger partial charge is 0.419 e. The number of para-hydroxylation sites is 2. The van der Waals surface area contributed by atoms with Gasteiger partial charge in [0.25, 0.3) is 0 Å². The highest BCUT2D eigenvalue weighted by Gasteiger charge is 2.49. The van der Waals surface area contributed by atoms with Crippen molar-refractivity contribution >= 4 is 29.5 Å². The molecule has 2 aromatic carbocycles. The van der Waals surface area contributed by atoms with Gasteiger partial charge in [-0.3, -0.25) is 0 Å². The van der Waals surface area contributed by atoms with E-state index >= 15 is 0 Å². The molecule has 0 saturated heterocycles. The van der Waals surface area contributed by atoms with Crippen molar-refractivity contribution in [2.24, 2.45) is 10.7 Å². The van der Waals surface area contributed by atoms with Gasteiger partial charge in [0, 0.05) is 18.5 Å². The van der Waals surface area contributed by atoms with Crippen LogP contribution in [-0.4, -0.2) is 29.5 Å². The minimum absolute atomic E-state index is 0.105. The fourth-order valence-corrected chi connectivity index (χ4v) is 3.34. The van der Waals surface area contributed by atoms with Gasteiger partial charge in [0.2, 0.25) is 5.82 Å². The quantitative estimate of drug-likeness (QED) is 0.635. The Hall–Kier alpha value is -4.30. The molecule has 154 valence electrons. The van der Waals surface area contributed by atoms with Crippen molar-refractivity contribution in [3.8, 4) is 5.75 Å². The summed E-state index contributed by atoms with van der Waals surface area (Å²) in [5.74, 6) is 0.511. The van der Waals surface area contributed by atoms with E-state index in [0.717, 1.165) is 0 Å². The summed E-state index contributed by atoms with van der Waals surface area (Å²) in [6.07, 6.45) is 4.99. The summed E-state index contributed by atoms with van der Waals surface area (Å²) in [4.78, 5) is 34.1. The number of urea groups is 1. The number of primary amides is 1. The van der Waals surface area contributed by atoms with Gasteiger partial charge in [0.05, 0.1) is 11.3 Å². The van der Waals surface area contributed by atoms with Crippen molar-refractivity contribution in [2.45, 2.75) is 0 Å². The van der Waals surface area contributed by atoms with E-state index < -0.39 is 6.03 Å². The first-order valence-electron chi connectivity index (χ1n) is 9.57. The molecule has 0 radical (unpaired) electrons. The number of hydrogen-bond acceptors (Lipinski definition) is 5. The molecule has 8 heteroatoms. The first kappa shape index (κ1) is 20.0. The Morgan fingerprint density at radius 3 is 2.45 bits per heavy atom. The second kappa shape index (κ2) is 8.60. The number of benzene rings is 2. The van der Waals surface area contributed by atoms with Crippen molar-refractivity contribution in [3.05, 3.63) is 96.8 Å². The van der Waals surface area contributed by atoms with Crippen LogP contribution < -0.4 is 20.3 Å². The molecular formula is C23H20N5O3+. The van der Waals surface area contributed by atoms with Crippen molar-refractivity contribution in [1.82, 2.24) is 9.47 Å². The second-order valence-electron chi connectivity index (χ2n) is 6.74. The van der Waals surface area contributed by atoms with Gasteiger partial charge in [-0.15, -0.1) is 4.48 Å². The molecule has 1 atom stereocenters. The predicted molar refractivity (Wildman–Crippen MR) is 119 cm³/mol. The Morgan fingerprint density at radius 1 is 0.968 bits per heavy atom. The molecule has 0 bridgehead atoms. The van der Waals surface area contributed by atoms with Gasteiger partial charge in [0.1, 0.15) is 6.54 Å². The number of anilines is 1. The number of pyridine rings is 1. The summed E-state index contributed by atoms with van der Waals surface area (Å²) in [5, 5.41) is 2.52. The van der Waals surface area contributed by atoms with Crippen LogP contribution in [0.5, 0.6) is 5.75 Å². The van der Waals surface area contributed by atoms with Crippen molar-refractivity contribution in [3.63, 3.8) is 0 Å². The van der Waals surface area contributed by atoms with Crippen LogP contribution in [0.3, 0.4) is 0 Å². The van der Waals surface area contributed by atoms with Crippen molar-refractivity contribution in [1.29, 1.82) is 0 Å². The monoisotopic (exact) mass is 414 g/mol. The molecule has 2 heterocycles. The predicted octanol–water partition coefficient (Wildman–Crippen LogP) is 3.68. The third kappa shape index (κ3) is 3.92. The molecule has 1 unspecified atom stereocenters. The standard InChI is InChI=1S/C23H19N5O3/c24-22(30)27-18-11-4-5-12-19(18)31-23-26-15-8-16-28(23,20-13-6-7-14-25-20)21(29)17-9-2-1-3-10-17/h1-15H,16H2,(H2-,24,27,30)/p+1. The number of amidine groups is 1. The summed E-state index contributed by atoms with van der Waals surface area (Å²) in [6.45, 7) is 0.259. The first-order chi connectivity index (χ1) is 15.1. The minimum atomic E-state index is -0.729. The number of carbonyl (C=O) groups is 2. The molecule has 3 N–H and O–H groups in total. The highest BCUT2D eigenvalue weighted by molar-refractivity contribution is 6.15. The fraction of sp³-hybridized carbons (Fsp3) is 0.0435. The Balaban J connectivity index is 1.84. The maximum absolute atomic E-state index is 13.8. The smallest absolute Gasteiger partial charge is 0.394 e. The van der Waals surface area contributed by atoms with Gasteiger partial charge in [-0.25, -0.2) is 14.6 Å². The molecule has 4 rings (SSSR count). The van der Waals surface area contributed by atoms with E-state index in [-0.39, 0.29) is 23.0 Å². The van der Waals surface area contributed by atoms with Gasteiger partial charge in [0.15, 0.2) is 5.75 Å². The first-order valence-corrected chi connectivity index (χ1v) is 9.57. The molecular weight excluding hydrogens is 394 g/mol. The van der Waals surface area contributed by atoms with E-state index in [1.165, 1.54) is 0 Å². The lowest BCUT2D eigenvalue weighted by Crippen LogP contribution is -2.62. The van der Waals surface area contributed by atoms with Crippen LogP contribution >= 0.6 is 0 Å². The van der Waals surface area contributed by atoms with E-state index in [9.17, 15) is 9.59 Å². The average Bonchev–Trinajstić information content (AvgIpc) is 2.81. The van der Waals surface area contributed by atoms with E-state index in [1.54, 1.807) is 85.2 Å². The molecule has 1 aromatic heterocycles. The van der Waals surface area contributed by atoms with Crippen LogP contribution in [-0.2, 0) is 0 Å². The van der Waals surface area contributed by atoms with Gasteiger partial charge in [-0.05, 0) is 36.4 Å². The number of rotatable bonds is 4. The lowest BCUT2D eigenvalue weighted by atomic mass is 10.1. The van der Waals surface area contributed by atoms with Crippen LogP contribution in [0.15, 0.2) is 96.3 Å². The zero-order valence-electron chi connectivity index (χ0n) is 16.5. The fourth-order valence-electron chi connectivity index (χ4n) is 3.34. The summed E-state index contributed by atoms with van der Waals surface area (Å²) < 4.78 is 5.76. The van der Waals surface area contributed by atoms with Gasteiger partial charge >= 0.3 is 18.0 Å². The third-order valence-electron chi connectivity index (χ3n) is 4.75. The number of nitrogens with one attached hydrogen (secondary N) is 1. The minimum Gasteiger partial charge on any atom is -0.394 e. The molecule has 3 aromatic rings. The van der Waals surface area contributed by atoms with E-state index in [4.69, 9.17) is 10.5 Å². The van der Waals surface area contributed by atoms with Gasteiger partial charge in [-0.1, -0.05) is 36.4 Å². The molecule has 0 aliphatic carbocycles. The topological polar surface area (TPSA) is 107 Å². The molecule has 1 aliphatic heterocycles. The van der Waals surface area contributed by atoms with Crippen molar-refractivity contribution in [2.75, 3.05) is 11.9 Å². The zero-order chi connectivity index (χ0) is 21.7. The highest BCUT2D eigenvalue weighted by Crippen LogP contribution is 2.31. The van der Waals surface area contributed by atoms with E-state index in [1.807, 2.05) is 6.07 Å². The Labute approximate surface area is 178 Å². The molecule has 3 amide bonds.